The molecule has 0 saturated carbocycles. The number of rotatable bonds is 7. The van der Waals surface area contributed by atoms with Crippen molar-refractivity contribution in [1.82, 2.24) is 0 Å². The van der Waals surface area contributed by atoms with E-state index in [1.165, 1.54) is 30.5 Å². The molecule has 25 heavy (non-hydrogen) atoms. The van der Waals surface area contributed by atoms with E-state index < -0.39 is 23.3 Å². The van der Waals surface area contributed by atoms with Gasteiger partial charge >= 0.3 is 0 Å². The Morgan fingerprint density at radius 2 is 1.44 bits per heavy atom. The molecular weight excluding hydrogens is 332 g/mol. The van der Waals surface area contributed by atoms with Crippen LogP contribution in [-0.4, -0.2) is 0 Å². The van der Waals surface area contributed by atoms with Gasteiger partial charge in [0.15, 0.2) is 23.2 Å². The molecule has 1 nitrogen and oxygen atoms in total. The first kappa shape index (κ1) is 19.0. The number of allylic oxidation sites excluding steroid dienone is 1. The number of ether oxygens (including phenoxy) is 1. The van der Waals surface area contributed by atoms with E-state index in [1.54, 1.807) is 6.08 Å². The molecule has 0 saturated heterocycles. The Hall–Kier alpha value is -2.30. The van der Waals surface area contributed by atoms with Crippen LogP contribution in [0.3, 0.4) is 0 Å². The highest BCUT2D eigenvalue weighted by atomic mass is 19.2. The zero-order chi connectivity index (χ0) is 18.4. The quantitative estimate of drug-likeness (QED) is 0.405. The van der Waals surface area contributed by atoms with Crippen LogP contribution in [0.15, 0.2) is 36.6 Å². The van der Waals surface area contributed by atoms with Gasteiger partial charge in [-0.1, -0.05) is 38.8 Å². The molecule has 0 N–H and O–H groups in total. The van der Waals surface area contributed by atoms with Crippen molar-refractivity contribution in [2.24, 2.45) is 0 Å². The first-order chi connectivity index (χ1) is 12.0. The van der Waals surface area contributed by atoms with Gasteiger partial charge in [-0.2, -0.15) is 4.39 Å². The molecule has 5 heteroatoms. The van der Waals surface area contributed by atoms with Gasteiger partial charge < -0.3 is 4.74 Å². The van der Waals surface area contributed by atoms with Crippen LogP contribution in [0.5, 0.6) is 5.75 Å². The number of benzene rings is 2. The Balaban J connectivity index is 2.38. The van der Waals surface area contributed by atoms with E-state index in [4.69, 9.17) is 4.74 Å². The van der Waals surface area contributed by atoms with Gasteiger partial charge in [0.25, 0.3) is 0 Å². The average Bonchev–Trinajstić information content (AvgIpc) is 2.60. The zero-order valence-electron chi connectivity index (χ0n) is 14.2. The largest absolute Gasteiger partial charge is 0.462 e. The number of halogens is 4. The summed E-state index contributed by atoms with van der Waals surface area (Å²) in [4.78, 5) is 0. The lowest BCUT2D eigenvalue weighted by Crippen LogP contribution is -2.00. The highest BCUT2D eigenvalue weighted by Gasteiger charge is 2.20. The van der Waals surface area contributed by atoms with Gasteiger partial charge in [-0.05, 0) is 36.6 Å². The third-order valence-corrected chi connectivity index (χ3v) is 3.77. The molecule has 0 heterocycles. The minimum Gasteiger partial charge on any atom is -0.462 e. The molecule has 134 valence electrons. The Labute approximate surface area is 144 Å². The van der Waals surface area contributed by atoms with E-state index in [9.17, 15) is 17.6 Å². The van der Waals surface area contributed by atoms with Crippen molar-refractivity contribution in [3.8, 4) is 16.9 Å². The fourth-order valence-corrected chi connectivity index (χ4v) is 2.45. The first-order valence-electron chi connectivity index (χ1n) is 8.28. The Morgan fingerprint density at radius 3 is 2.08 bits per heavy atom. The van der Waals surface area contributed by atoms with Crippen LogP contribution in [0.1, 0.15) is 38.7 Å². The van der Waals surface area contributed by atoms with Crippen molar-refractivity contribution in [3.63, 3.8) is 0 Å². The van der Waals surface area contributed by atoms with Crippen LogP contribution in [-0.2, 0) is 6.42 Å². The van der Waals surface area contributed by atoms with Gasteiger partial charge in [0.2, 0.25) is 5.82 Å². The highest BCUT2D eigenvalue weighted by Crippen LogP contribution is 2.33. The fourth-order valence-electron chi connectivity index (χ4n) is 2.45. The maximum Gasteiger partial charge on any atom is 0.201 e. The van der Waals surface area contributed by atoms with E-state index in [0.717, 1.165) is 12.8 Å². The van der Waals surface area contributed by atoms with Crippen molar-refractivity contribution >= 4 is 0 Å². The Kier molecular flexibility index (Phi) is 6.62. The standard InChI is InChI=1S/C20H20F4O/c1-3-5-6-12-25-16-11-10-15(19(23)20(16)24)14-9-8-13(7-4-2)17(21)18(14)22/h6,8-12H,3-5,7H2,1-2H3/b12-6+. The molecule has 0 atom stereocenters. The third-order valence-electron chi connectivity index (χ3n) is 3.77. The van der Waals surface area contributed by atoms with Gasteiger partial charge in [0, 0.05) is 11.1 Å². The van der Waals surface area contributed by atoms with E-state index in [2.05, 4.69) is 0 Å². The van der Waals surface area contributed by atoms with Crippen LogP contribution in [0.4, 0.5) is 17.6 Å². The van der Waals surface area contributed by atoms with Gasteiger partial charge in [-0.3, -0.25) is 0 Å². The minimum atomic E-state index is -1.28. The molecule has 0 unspecified atom stereocenters. The second kappa shape index (κ2) is 8.70. The van der Waals surface area contributed by atoms with Crippen LogP contribution in [0.2, 0.25) is 0 Å². The monoisotopic (exact) mass is 352 g/mol. The lowest BCUT2D eigenvalue weighted by Gasteiger charge is -2.11. The molecule has 0 bridgehead atoms. The summed E-state index contributed by atoms with van der Waals surface area (Å²) in [7, 11) is 0. The summed E-state index contributed by atoms with van der Waals surface area (Å²) in [6.45, 7) is 3.81. The lowest BCUT2D eigenvalue weighted by atomic mass is 10.00. The predicted molar refractivity (Wildman–Crippen MR) is 90.4 cm³/mol. The van der Waals surface area contributed by atoms with Gasteiger partial charge in [-0.15, -0.1) is 0 Å². The molecule has 0 aliphatic rings. The van der Waals surface area contributed by atoms with Crippen LogP contribution < -0.4 is 4.74 Å². The molecular formula is C20H20F4O. The SMILES string of the molecule is CCC/C=C/Oc1ccc(-c2ccc(CCC)c(F)c2F)c(F)c1F. The molecule has 2 aromatic rings. The molecule has 2 rings (SSSR count). The highest BCUT2D eigenvalue weighted by molar-refractivity contribution is 5.66. The minimum absolute atomic E-state index is 0.214. The van der Waals surface area contributed by atoms with E-state index in [-0.39, 0.29) is 22.4 Å². The number of unbranched alkanes of at least 4 members (excludes halogenated alkanes) is 1. The molecule has 0 spiro atoms. The Bertz CT molecular complexity index is 769. The van der Waals surface area contributed by atoms with Crippen molar-refractivity contribution in [1.29, 1.82) is 0 Å². The summed E-state index contributed by atoms with van der Waals surface area (Å²) in [6.07, 6.45) is 5.63. The van der Waals surface area contributed by atoms with Crippen molar-refractivity contribution in [2.75, 3.05) is 0 Å². The molecule has 0 aliphatic carbocycles. The topological polar surface area (TPSA) is 9.23 Å². The van der Waals surface area contributed by atoms with E-state index >= 15 is 0 Å². The number of hydrogen-bond acceptors (Lipinski definition) is 1. The summed E-state index contributed by atoms with van der Waals surface area (Å²) < 4.78 is 61.8. The maximum atomic E-state index is 14.3. The third kappa shape index (κ3) is 4.21. The predicted octanol–water partition coefficient (Wildman–Crippen LogP) is 6.56. The zero-order valence-corrected chi connectivity index (χ0v) is 14.2. The van der Waals surface area contributed by atoms with Crippen molar-refractivity contribution in [3.05, 3.63) is 65.4 Å². The Morgan fingerprint density at radius 1 is 0.800 bits per heavy atom. The fraction of sp³-hybridized carbons (Fsp3) is 0.300. The van der Waals surface area contributed by atoms with Crippen LogP contribution in [0.25, 0.3) is 11.1 Å². The summed E-state index contributed by atoms with van der Waals surface area (Å²) in [5.74, 6) is -5.03. The van der Waals surface area contributed by atoms with E-state index in [0.29, 0.717) is 12.8 Å². The first-order valence-corrected chi connectivity index (χ1v) is 8.28. The smallest absolute Gasteiger partial charge is 0.201 e. The summed E-state index contributed by atoms with van der Waals surface area (Å²) in [5.41, 5.74) is -0.450. The molecule has 0 fully saturated rings. The van der Waals surface area contributed by atoms with Crippen molar-refractivity contribution in [2.45, 2.75) is 39.5 Å². The molecule has 0 radical (unpaired) electrons. The molecule has 2 aromatic carbocycles. The van der Waals surface area contributed by atoms with Crippen molar-refractivity contribution < 1.29 is 22.3 Å². The lowest BCUT2D eigenvalue weighted by molar-refractivity contribution is 0.414. The second-order valence-electron chi connectivity index (χ2n) is 5.67. The van der Waals surface area contributed by atoms with Crippen LogP contribution in [0, 0.1) is 23.3 Å². The average molecular weight is 352 g/mol. The van der Waals surface area contributed by atoms with E-state index in [1.807, 2.05) is 13.8 Å². The number of aryl methyl sites for hydroxylation is 1. The summed E-state index contributed by atoms with van der Waals surface area (Å²) in [5, 5.41) is 0. The van der Waals surface area contributed by atoms with Crippen LogP contribution >= 0.6 is 0 Å². The maximum absolute atomic E-state index is 14.3. The normalized spacial score (nSPS) is 11.3. The van der Waals surface area contributed by atoms with Gasteiger partial charge in [0.05, 0.1) is 6.26 Å². The summed E-state index contributed by atoms with van der Waals surface area (Å²) in [6, 6.07) is 5.04. The van der Waals surface area contributed by atoms with Gasteiger partial charge in [-0.25, -0.2) is 13.2 Å². The molecule has 0 amide bonds. The van der Waals surface area contributed by atoms with Gasteiger partial charge in [0.1, 0.15) is 0 Å². The number of hydrogen-bond donors (Lipinski definition) is 0. The molecule has 0 aromatic heterocycles. The second-order valence-corrected chi connectivity index (χ2v) is 5.67. The summed E-state index contributed by atoms with van der Waals surface area (Å²) >= 11 is 0. The molecule has 0 aliphatic heterocycles.